The molecule has 1 heterocycles. The molecule has 2 aromatic carbocycles. The van der Waals surface area contributed by atoms with Crippen LogP contribution in [-0.4, -0.2) is 67.6 Å². The van der Waals surface area contributed by atoms with Gasteiger partial charge in [0.05, 0.1) is 24.0 Å². The van der Waals surface area contributed by atoms with Gasteiger partial charge in [0.25, 0.3) is 5.91 Å². The zero-order valence-electron chi connectivity index (χ0n) is 23.1. The van der Waals surface area contributed by atoms with Gasteiger partial charge in [0.2, 0.25) is 10.0 Å². The van der Waals surface area contributed by atoms with Crippen LogP contribution in [0.2, 0.25) is 0 Å². The highest BCUT2D eigenvalue weighted by molar-refractivity contribution is 7.92. The van der Waals surface area contributed by atoms with Gasteiger partial charge in [0, 0.05) is 38.5 Å². The topological polar surface area (TPSA) is 132 Å². The van der Waals surface area contributed by atoms with Crippen LogP contribution in [0.3, 0.4) is 0 Å². The molecule has 0 fully saturated rings. The average molecular weight is 591 g/mol. The van der Waals surface area contributed by atoms with Gasteiger partial charge in [0.15, 0.2) is 0 Å². The molecule has 2 atom stereocenters. The number of aliphatic hydroxyl groups is 2. The molecule has 3 rings (SSSR count). The van der Waals surface area contributed by atoms with Crippen molar-refractivity contribution < 1.29 is 32.2 Å². The van der Waals surface area contributed by atoms with Gasteiger partial charge in [-0.15, -0.1) is 0 Å². The van der Waals surface area contributed by atoms with Gasteiger partial charge >= 0.3 is 0 Å². The van der Waals surface area contributed by atoms with Crippen molar-refractivity contribution >= 4 is 21.7 Å². The molecule has 41 heavy (non-hydrogen) atoms. The second kappa shape index (κ2) is 15.0. The van der Waals surface area contributed by atoms with E-state index in [2.05, 4.69) is 28.6 Å². The first-order valence-corrected chi connectivity index (χ1v) is 15.1. The van der Waals surface area contributed by atoms with E-state index in [0.29, 0.717) is 6.54 Å². The summed E-state index contributed by atoms with van der Waals surface area (Å²) in [5.41, 5.74) is 2.55. The van der Waals surface area contributed by atoms with E-state index in [1.807, 2.05) is 18.2 Å². The summed E-state index contributed by atoms with van der Waals surface area (Å²) in [4.78, 5) is 17.2. The number of carbonyl (C=O) groups is 1. The zero-order chi connectivity index (χ0) is 30.0. The number of carbonyl (C=O) groups excluding carboxylic acids is 1. The number of sulfonamides is 1. The number of hydrogen-bond acceptors (Lipinski definition) is 7. The smallest absolute Gasteiger partial charge is 0.253 e. The number of nitrogens with zero attached hydrogens (tertiary/aromatic N) is 2. The molecule has 1 amide bonds. The summed E-state index contributed by atoms with van der Waals surface area (Å²) in [6, 6.07) is 12.8. The van der Waals surface area contributed by atoms with Crippen LogP contribution in [0.1, 0.15) is 40.4 Å². The molecule has 0 radical (unpaired) electrons. The fourth-order valence-corrected chi connectivity index (χ4v) is 5.22. The summed E-state index contributed by atoms with van der Waals surface area (Å²) in [6.45, 7) is 2.43. The number of rotatable bonds is 15. The van der Waals surface area contributed by atoms with Crippen LogP contribution in [0.15, 0.2) is 60.8 Å². The van der Waals surface area contributed by atoms with Crippen molar-refractivity contribution in [3.8, 4) is 0 Å². The molecule has 4 N–H and O–H groups in total. The minimum absolute atomic E-state index is 0.0159. The number of aromatic nitrogens is 1. The van der Waals surface area contributed by atoms with Gasteiger partial charge in [-0.2, -0.15) is 0 Å². The average Bonchev–Trinajstić information content (AvgIpc) is 2.92. The Labute approximate surface area is 239 Å². The van der Waals surface area contributed by atoms with E-state index < -0.39 is 39.7 Å². The second-order valence-corrected chi connectivity index (χ2v) is 11.7. The molecular weight excluding hydrogens is 554 g/mol. The number of aliphatic hydroxyl groups excluding tert-OH is 2. The fraction of sp³-hybridized carbons (Fsp3) is 0.379. The summed E-state index contributed by atoms with van der Waals surface area (Å²) in [5.74, 6) is -2.07. The van der Waals surface area contributed by atoms with E-state index >= 15 is 0 Å². The molecule has 0 saturated heterocycles. The normalized spacial score (nSPS) is 13.0. The van der Waals surface area contributed by atoms with E-state index in [4.69, 9.17) is 5.11 Å². The van der Waals surface area contributed by atoms with Crippen LogP contribution in [0.4, 0.5) is 14.6 Å². The zero-order valence-corrected chi connectivity index (χ0v) is 23.9. The number of pyridine rings is 1. The first-order chi connectivity index (χ1) is 19.5. The number of halogens is 2. The van der Waals surface area contributed by atoms with Crippen LogP contribution >= 0.6 is 0 Å². The third-order valence-electron chi connectivity index (χ3n) is 6.43. The number of anilines is 1. The molecule has 0 spiro atoms. The number of benzene rings is 2. The van der Waals surface area contributed by atoms with E-state index in [0.717, 1.165) is 40.7 Å². The van der Waals surface area contributed by atoms with Gasteiger partial charge < -0.3 is 20.8 Å². The highest BCUT2D eigenvalue weighted by Gasteiger charge is 2.24. The number of nitrogens with one attached hydrogen (secondary N) is 2. The first kappa shape index (κ1) is 32.1. The molecule has 0 aliphatic rings. The monoisotopic (exact) mass is 590 g/mol. The molecule has 0 bridgehead atoms. The molecule has 222 valence electrons. The van der Waals surface area contributed by atoms with Crippen molar-refractivity contribution in [1.82, 2.24) is 15.6 Å². The third-order valence-corrected chi connectivity index (χ3v) is 7.60. The summed E-state index contributed by atoms with van der Waals surface area (Å²) in [5, 5.41) is 26.0. The Morgan fingerprint density at radius 3 is 2.37 bits per heavy atom. The molecular formula is C29H36F2N4O5S. The van der Waals surface area contributed by atoms with Crippen molar-refractivity contribution in [2.75, 3.05) is 30.3 Å². The first-order valence-electron chi connectivity index (χ1n) is 13.3. The van der Waals surface area contributed by atoms with Crippen LogP contribution in [0.25, 0.3) is 0 Å². The standard InChI is InChI=1S/C29H36F2N4O5S/c1-3-20-6-4-7-21(12-20)17-32-19-27(37)26(15-22-13-24(30)16-25(31)14-22)34-29(38)23-8-9-28(33-18-23)35(10-5-11-36)41(2,39)40/h4,6-9,12-14,16,18,26-27,32,36-37H,3,5,10-11,15,17,19H2,1-2H3,(H,34,38)/t26-,27+/m0/s1. The molecule has 0 aliphatic carbocycles. The quantitative estimate of drug-likeness (QED) is 0.214. The Bertz CT molecular complexity index is 1390. The molecule has 0 aliphatic heterocycles. The molecule has 0 saturated carbocycles. The SMILES string of the molecule is CCc1cccc(CNC[C@@H](O)[C@H](Cc2cc(F)cc(F)c2)NC(=O)c2ccc(N(CCCO)S(C)(=O)=O)nc2)c1. The fourth-order valence-electron chi connectivity index (χ4n) is 4.32. The lowest BCUT2D eigenvalue weighted by atomic mass is 10.00. The van der Waals surface area contributed by atoms with E-state index in [1.165, 1.54) is 23.9 Å². The summed E-state index contributed by atoms with van der Waals surface area (Å²) in [6.07, 6.45) is 2.14. The summed E-state index contributed by atoms with van der Waals surface area (Å²) < 4.78 is 53.0. The van der Waals surface area contributed by atoms with Crippen LogP contribution in [0.5, 0.6) is 0 Å². The van der Waals surface area contributed by atoms with Crippen LogP contribution in [-0.2, 0) is 29.4 Å². The Morgan fingerprint density at radius 2 is 1.76 bits per heavy atom. The predicted molar refractivity (Wildman–Crippen MR) is 153 cm³/mol. The highest BCUT2D eigenvalue weighted by atomic mass is 32.2. The van der Waals surface area contributed by atoms with Crippen molar-refractivity contribution in [3.05, 3.63) is 94.7 Å². The molecule has 9 nitrogen and oxygen atoms in total. The number of amides is 1. The number of hydrogen-bond donors (Lipinski definition) is 4. The highest BCUT2D eigenvalue weighted by Crippen LogP contribution is 2.17. The minimum Gasteiger partial charge on any atom is -0.396 e. The Hall–Kier alpha value is -3.45. The largest absolute Gasteiger partial charge is 0.396 e. The second-order valence-electron chi connectivity index (χ2n) is 9.75. The van der Waals surface area contributed by atoms with Crippen LogP contribution < -0.4 is 14.9 Å². The lowest BCUT2D eigenvalue weighted by molar-refractivity contribution is 0.0829. The maximum atomic E-state index is 13.9. The van der Waals surface area contributed by atoms with E-state index in [-0.39, 0.29) is 49.5 Å². The predicted octanol–water partition coefficient (Wildman–Crippen LogP) is 2.56. The van der Waals surface area contributed by atoms with Gasteiger partial charge in [0.1, 0.15) is 17.5 Å². The maximum absolute atomic E-state index is 13.9. The minimum atomic E-state index is -3.67. The Kier molecular flexibility index (Phi) is 11.7. The lowest BCUT2D eigenvalue weighted by Crippen LogP contribution is -2.48. The summed E-state index contributed by atoms with van der Waals surface area (Å²) >= 11 is 0. The van der Waals surface area contributed by atoms with Gasteiger partial charge in [-0.05, 0) is 60.2 Å². The van der Waals surface area contributed by atoms with Gasteiger partial charge in [-0.25, -0.2) is 22.2 Å². The maximum Gasteiger partial charge on any atom is 0.253 e. The molecule has 1 aromatic heterocycles. The van der Waals surface area contributed by atoms with Crippen molar-refractivity contribution in [2.24, 2.45) is 0 Å². The van der Waals surface area contributed by atoms with E-state index in [9.17, 15) is 27.1 Å². The number of aryl methyl sites for hydroxylation is 1. The van der Waals surface area contributed by atoms with Crippen LogP contribution in [0, 0.1) is 11.6 Å². The van der Waals surface area contributed by atoms with Crippen molar-refractivity contribution in [3.63, 3.8) is 0 Å². The summed E-state index contributed by atoms with van der Waals surface area (Å²) in [7, 11) is -3.67. The van der Waals surface area contributed by atoms with E-state index in [1.54, 1.807) is 0 Å². The molecule has 0 unspecified atom stereocenters. The van der Waals surface area contributed by atoms with Crippen molar-refractivity contribution in [1.29, 1.82) is 0 Å². The lowest BCUT2D eigenvalue weighted by Gasteiger charge is -2.25. The molecule has 12 heteroatoms. The Balaban J connectivity index is 1.75. The van der Waals surface area contributed by atoms with Gasteiger partial charge in [-0.3, -0.25) is 9.10 Å². The van der Waals surface area contributed by atoms with Gasteiger partial charge in [-0.1, -0.05) is 31.2 Å². The molecule has 3 aromatic rings. The Morgan fingerprint density at radius 1 is 1.05 bits per heavy atom. The third kappa shape index (κ3) is 9.85. The van der Waals surface area contributed by atoms with Crippen molar-refractivity contribution in [2.45, 2.75) is 44.9 Å².